The van der Waals surface area contributed by atoms with Gasteiger partial charge in [-0.15, -0.1) is 0 Å². The van der Waals surface area contributed by atoms with Crippen LogP contribution in [0.15, 0.2) is 37.2 Å². The van der Waals surface area contributed by atoms with Crippen molar-refractivity contribution in [3.63, 3.8) is 0 Å². The van der Waals surface area contributed by atoms with Crippen molar-refractivity contribution >= 4 is 23.5 Å². The first-order valence-electron chi connectivity index (χ1n) is 7.72. The maximum absolute atomic E-state index is 12.3. The summed E-state index contributed by atoms with van der Waals surface area (Å²) in [5.41, 5.74) is 6.47. The molecule has 8 heteroatoms. The Balaban J connectivity index is 2.09. The predicted molar refractivity (Wildman–Crippen MR) is 94.8 cm³/mol. The molecule has 1 unspecified atom stereocenters. The lowest BCUT2D eigenvalue weighted by Gasteiger charge is -2.44. The van der Waals surface area contributed by atoms with Crippen LogP contribution in [0.2, 0.25) is 5.02 Å². The van der Waals surface area contributed by atoms with Crippen LogP contribution >= 0.6 is 11.6 Å². The first-order chi connectivity index (χ1) is 11.9. The second-order valence-electron chi connectivity index (χ2n) is 5.92. The zero-order valence-electron chi connectivity index (χ0n) is 13.8. The number of nitrogens with zero attached hydrogens (tertiary/aromatic N) is 4. The van der Waals surface area contributed by atoms with Crippen LogP contribution in [0.4, 0.5) is 5.95 Å². The lowest BCUT2D eigenvalue weighted by Crippen LogP contribution is -2.54. The molecule has 0 bridgehead atoms. The molecule has 2 heterocycles. The van der Waals surface area contributed by atoms with Crippen LogP contribution in [0.25, 0.3) is 11.4 Å². The predicted octanol–water partition coefficient (Wildman–Crippen LogP) is 2.03. The third kappa shape index (κ3) is 3.33. The van der Waals surface area contributed by atoms with Gasteiger partial charge in [0.25, 0.3) is 0 Å². The maximum atomic E-state index is 12.3. The summed E-state index contributed by atoms with van der Waals surface area (Å²) in [4.78, 5) is 26.1. The normalized spacial score (nSPS) is 20.3. The molecule has 1 aromatic heterocycles. The summed E-state index contributed by atoms with van der Waals surface area (Å²) in [6, 6.07) is 5.44. The first kappa shape index (κ1) is 17.3. The lowest BCUT2D eigenvalue weighted by atomic mass is 9.88. The average Bonchev–Trinajstić information content (AvgIpc) is 2.61. The number of rotatable bonds is 3. The summed E-state index contributed by atoms with van der Waals surface area (Å²) in [6.45, 7) is 6.83. The Bertz CT molecular complexity index is 828. The Hall–Kier alpha value is -2.51. The van der Waals surface area contributed by atoms with E-state index in [0.717, 1.165) is 5.56 Å². The van der Waals surface area contributed by atoms with Crippen LogP contribution in [-0.4, -0.2) is 45.5 Å². The molecule has 3 rings (SSSR count). The highest BCUT2D eigenvalue weighted by molar-refractivity contribution is 6.31. The smallest absolute Gasteiger partial charge is 0.246 e. The molecule has 1 amide bonds. The number of ether oxygens (including phenoxy) is 1. The molecule has 1 aliphatic rings. The second-order valence-corrected chi connectivity index (χ2v) is 6.35. The number of carbonyl (C=O) groups excluding carboxylic acids is 1. The quantitative estimate of drug-likeness (QED) is 0.843. The van der Waals surface area contributed by atoms with Crippen LogP contribution in [0.5, 0.6) is 0 Å². The van der Waals surface area contributed by atoms with Gasteiger partial charge in [-0.1, -0.05) is 18.2 Å². The topological polar surface area (TPSA) is 94.2 Å². The molecule has 1 aliphatic heterocycles. The number of hydrogen-bond acceptors (Lipinski definition) is 6. The van der Waals surface area contributed by atoms with E-state index in [9.17, 15) is 4.79 Å². The van der Waals surface area contributed by atoms with E-state index in [1.807, 2.05) is 19.1 Å². The molecular formula is C17H18ClN5O2. The number of aromatic nitrogens is 3. The number of carbonyl (C=O) groups is 1. The van der Waals surface area contributed by atoms with Crippen molar-refractivity contribution in [3.05, 3.63) is 47.8 Å². The van der Waals surface area contributed by atoms with Gasteiger partial charge >= 0.3 is 0 Å². The number of amides is 1. The Morgan fingerprint density at radius 3 is 2.96 bits per heavy atom. The molecule has 0 radical (unpaired) electrons. The maximum Gasteiger partial charge on any atom is 0.246 e. The van der Waals surface area contributed by atoms with Crippen LogP contribution in [0.3, 0.4) is 0 Å². The number of hydrogen-bond donors (Lipinski definition) is 1. The van der Waals surface area contributed by atoms with Crippen molar-refractivity contribution in [1.82, 2.24) is 19.9 Å². The molecule has 1 fully saturated rings. The lowest BCUT2D eigenvalue weighted by molar-refractivity contribution is -0.143. The number of benzene rings is 1. The number of nitrogens with two attached hydrogens (primary N) is 1. The van der Waals surface area contributed by atoms with E-state index >= 15 is 0 Å². The van der Waals surface area contributed by atoms with Crippen LogP contribution in [-0.2, 0) is 15.1 Å². The third-order valence-corrected chi connectivity index (χ3v) is 4.47. The molecule has 2 N–H and O–H groups in total. The van der Waals surface area contributed by atoms with Gasteiger partial charge in [-0.3, -0.25) is 4.79 Å². The molecule has 25 heavy (non-hydrogen) atoms. The van der Waals surface area contributed by atoms with Gasteiger partial charge in [0.05, 0.1) is 18.8 Å². The first-order valence-corrected chi connectivity index (χ1v) is 8.09. The highest BCUT2D eigenvalue weighted by Crippen LogP contribution is 2.35. The Morgan fingerprint density at radius 1 is 1.44 bits per heavy atom. The van der Waals surface area contributed by atoms with Crippen LogP contribution < -0.4 is 5.73 Å². The van der Waals surface area contributed by atoms with Gasteiger partial charge in [0.2, 0.25) is 11.9 Å². The highest BCUT2D eigenvalue weighted by atomic mass is 35.5. The zero-order valence-corrected chi connectivity index (χ0v) is 14.5. The van der Waals surface area contributed by atoms with Gasteiger partial charge in [0.1, 0.15) is 6.33 Å². The summed E-state index contributed by atoms with van der Waals surface area (Å²) in [7, 11) is 0. The van der Waals surface area contributed by atoms with E-state index in [2.05, 4.69) is 21.5 Å². The van der Waals surface area contributed by atoms with Crippen molar-refractivity contribution in [2.24, 2.45) is 0 Å². The molecule has 1 aromatic carbocycles. The second kappa shape index (κ2) is 6.78. The fraction of sp³-hybridized carbons (Fsp3) is 0.294. The molecule has 0 aliphatic carbocycles. The molecule has 2 aromatic rings. The largest absolute Gasteiger partial charge is 0.377 e. The summed E-state index contributed by atoms with van der Waals surface area (Å²) < 4.78 is 5.64. The summed E-state index contributed by atoms with van der Waals surface area (Å²) in [6.07, 6.45) is 2.65. The molecule has 1 saturated heterocycles. The van der Waals surface area contributed by atoms with E-state index in [1.54, 1.807) is 11.0 Å². The van der Waals surface area contributed by atoms with Gasteiger partial charge in [-0.25, -0.2) is 9.97 Å². The van der Waals surface area contributed by atoms with Crippen molar-refractivity contribution < 1.29 is 9.53 Å². The molecule has 1 atom stereocenters. The Kier molecular flexibility index (Phi) is 4.69. The van der Waals surface area contributed by atoms with Gasteiger partial charge < -0.3 is 15.4 Å². The van der Waals surface area contributed by atoms with Crippen molar-refractivity contribution in [1.29, 1.82) is 0 Å². The standard InChI is InChI=1S/C17H18ClN5O2/c1-3-14(24)23-4-5-25-9-17(23,2)12-6-11(7-13(18)8-12)15-20-10-21-16(19)22-15/h3,6-8,10H,1,4-5,9H2,2H3,(H2,19,20,21,22). The van der Waals surface area contributed by atoms with Crippen LogP contribution in [0.1, 0.15) is 12.5 Å². The van der Waals surface area contributed by atoms with E-state index in [-0.39, 0.29) is 11.9 Å². The SMILES string of the molecule is C=CC(=O)N1CCOCC1(C)c1cc(Cl)cc(-c2ncnc(N)n2)c1. The Morgan fingerprint density at radius 2 is 2.24 bits per heavy atom. The molecule has 0 spiro atoms. The van der Waals surface area contributed by atoms with Gasteiger partial charge in [0.15, 0.2) is 5.82 Å². The Labute approximate surface area is 150 Å². The van der Waals surface area contributed by atoms with Crippen molar-refractivity contribution in [2.45, 2.75) is 12.5 Å². The van der Waals surface area contributed by atoms with Gasteiger partial charge in [-0.2, -0.15) is 4.98 Å². The molecule has 7 nitrogen and oxygen atoms in total. The van der Waals surface area contributed by atoms with Gasteiger partial charge in [-0.05, 0) is 36.8 Å². The van der Waals surface area contributed by atoms with Crippen molar-refractivity contribution in [3.8, 4) is 11.4 Å². The number of nitrogen functional groups attached to an aromatic ring is 1. The average molecular weight is 360 g/mol. The molecular weight excluding hydrogens is 342 g/mol. The van der Waals surface area contributed by atoms with E-state index in [0.29, 0.717) is 36.2 Å². The monoisotopic (exact) mass is 359 g/mol. The van der Waals surface area contributed by atoms with Crippen LogP contribution in [0, 0.1) is 0 Å². The molecule has 0 saturated carbocycles. The summed E-state index contributed by atoms with van der Waals surface area (Å²) >= 11 is 6.32. The minimum Gasteiger partial charge on any atom is -0.377 e. The summed E-state index contributed by atoms with van der Waals surface area (Å²) in [5.74, 6) is 0.386. The van der Waals surface area contributed by atoms with Crippen molar-refractivity contribution in [2.75, 3.05) is 25.5 Å². The fourth-order valence-electron chi connectivity index (χ4n) is 2.93. The van der Waals surface area contributed by atoms with E-state index in [1.165, 1.54) is 12.4 Å². The number of halogens is 1. The minimum absolute atomic E-state index is 0.127. The highest BCUT2D eigenvalue weighted by Gasteiger charge is 2.39. The molecule has 130 valence electrons. The van der Waals surface area contributed by atoms with E-state index in [4.69, 9.17) is 22.1 Å². The van der Waals surface area contributed by atoms with Gasteiger partial charge in [0, 0.05) is 17.1 Å². The summed E-state index contributed by atoms with van der Waals surface area (Å²) in [5, 5.41) is 0.504. The van der Waals surface area contributed by atoms with E-state index < -0.39 is 5.54 Å². The zero-order chi connectivity index (χ0) is 18.0. The number of morpholine rings is 1. The fourth-order valence-corrected chi connectivity index (χ4v) is 3.17. The third-order valence-electron chi connectivity index (χ3n) is 4.25. The number of anilines is 1. The minimum atomic E-state index is -0.679.